The Morgan fingerprint density at radius 2 is 1.77 bits per heavy atom. The van der Waals surface area contributed by atoms with Crippen LogP contribution in [-0.4, -0.2) is 59.0 Å². The van der Waals surface area contributed by atoms with E-state index in [2.05, 4.69) is 5.32 Å². The average Bonchev–Trinajstić information content (AvgIpc) is 2.73. The molecule has 3 rings (SSSR count). The van der Waals surface area contributed by atoms with E-state index >= 15 is 0 Å². The lowest BCUT2D eigenvalue weighted by Gasteiger charge is -2.26. The van der Waals surface area contributed by atoms with Gasteiger partial charge in [0, 0.05) is 32.7 Å². The summed E-state index contributed by atoms with van der Waals surface area (Å²) >= 11 is 0. The van der Waals surface area contributed by atoms with Crippen LogP contribution in [0.15, 0.2) is 47.4 Å². The van der Waals surface area contributed by atoms with Crippen LogP contribution in [0.3, 0.4) is 0 Å². The monoisotopic (exact) mass is 457 g/mol. The van der Waals surface area contributed by atoms with Gasteiger partial charge in [-0.2, -0.15) is 17.5 Å². The van der Waals surface area contributed by atoms with E-state index in [1.807, 2.05) is 0 Å². The molecule has 1 heterocycles. The van der Waals surface area contributed by atoms with Crippen LogP contribution in [0.2, 0.25) is 0 Å². The number of carbonyl (C=O) groups is 1. The third-order valence-corrected chi connectivity index (χ3v) is 6.65. The maximum Gasteiger partial charge on any atom is 0.416 e. The minimum absolute atomic E-state index is 0.0106. The Labute approximate surface area is 178 Å². The number of nitrogens with one attached hydrogen (secondary N) is 1. The van der Waals surface area contributed by atoms with Crippen molar-refractivity contribution in [2.45, 2.75) is 11.1 Å². The normalized spacial score (nSPS) is 15.5. The zero-order chi connectivity index (χ0) is 22.8. The molecule has 2 aromatic carbocycles. The van der Waals surface area contributed by atoms with Crippen molar-refractivity contribution in [3.8, 4) is 0 Å². The first-order valence-corrected chi connectivity index (χ1v) is 10.8. The van der Waals surface area contributed by atoms with Crippen LogP contribution in [0, 0.1) is 0 Å². The molecule has 7 nitrogen and oxygen atoms in total. The van der Waals surface area contributed by atoms with E-state index < -0.39 is 27.7 Å². The van der Waals surface area contributed by atoms with Crippen LogP contribution in [0.1, 0.15) is 15.9 Å². The van der Waals surface area contributed by atoms with Gasteiger partial charge in [-0.1, -0.05) is 6.07 Å². The van der Waals surface area contributed by atoms with Crippen LogP contribution in [0.4, 0.5) is 24.5 Å². The maximum atomic E-state index is 13.1. The Morgan fingerprint density at radius 1 is 1.10 bits per heavy atom. The fourth-order valence-corrected chi connectivity index (χ4v) is 4.59. The van der Waals surface area contributed by atoms with E-state index in [1.54, 1.807) is 19.0 Å². The standard InChI is InChI=1S/C20H22F3N3O4S/c1-25(2)18-7-6-15(20(21,22)23)13-17(18)24-19(27)14-4-3-5-16(12-14)31(28,29)26-8-10-30-11-9-26/h3-7,12-13H,8-11H2,1-2H3,(H,24,27). The van der Waals surface area contributed by atoms with Gasteiger partial charge in [0.15, 0.2) is 0 Å². The largest absolute Gasteiger partial charge is 0.416 e. The summed E-state index contributed by atoms with van der Waals surface area (Å²) in [6.07, 6.45) is -4.57. The second-order valence-electron chi connectivity index (χ2n) is 7.12. The molecular weight excluding hydrogens is 435 g/mol. The number of alkyl halides is 3. The predicted molar refractivity (Wildman–Crippen MR) is 110 cm³/mol. The van der Waals surface area contributed by atoms with E-state index in [1.165, 1.54) is 34.6 Å². The number of carbonyl (C=O) groups excluding carboxylic acids is 1. The SMILES string of the molecule is CN(C)c1ccc(C(F)(F)F)cc1NC(=O)c1cccc(S(=O)(=O)N2CCOCC2)c1. The number of ether oxygens (including phenoxy) is 1. The number of amides is 1. The Kier molecular flexibility index (Phi) is 6.58. The van der Waals surface area contributed by atoms with Crippen molar-refractivity contribution < 1.29 is 31.1 Å². The molecule has 0 unspecified atom stereocenters. The van der Waals surface area contributed by atoms with Gasteiger partial charge in [-0.25, -0.2) is 8.42 Å². The number of rotatable bonds is 5. The van der Waals surface area contributed by atoms with Crippen LogP contribution >= 0.6 is 0 Å². The molecule has 1 aliphatic heterocycles. The van der Waals surface area contributed by atoms with Gasteiger partial charge in [0.1, 0.15) is 0 Å². The van der Waals surface area contributed by atoms with E-state index in [0.717, 1.165) is 12.1 Å². The Morgan fingerprint density at radius 3 is 2.39 bits per heavy atom. The molecule has 0 spiro atoms. The molecule has 1 aliphatic rings. The Balaban J connectivity index is 1.90. The number of anilines is 2. The Bertz CT molecular complexity index is 1070. The molecule has 168 valence electrons. The van der Waals surface area contributed by atoms with Gasteiger partial charge < -0.3 is 15.0 Å². The quantitative estimate of drug-likeness (QED) is 0.747. The lowest BCUT2D eigenvalue weighted by molar-refractivity contribution is -0.137. The smallest absolute Gasteiger partial charge is 0.379 e. The van der Waals surface area contributed by atoms with E-state index in [-0.39, 0.29) is 42.4 Å². The van der Waals surface area contributed by atoms with E-state index in [4.69, 9.17) is 4.74 Å². The molecule has 1 fully saturated rings. The van der Waals surface area contributed by atoms with Crippen molar-refractivity contribution in [1.29, 1.82) is 0 Å². The summed E-state index contributed by atoms with van der Waals surface area (Å²) < 4.78 is 71.4. The second kappa shape index (κ2) is 8.85. The first-order valence-electron chi connectivity index (χ1n) is 9.38. The molecular formula is C20H22F3N3O4S. The van der Waals surface area contributed by atoms with Crippen LogP contribution in [0.25, 0.3) is 0 Å². The molecule has 0 aliphatic carbocycles. The molecule has 31 heavy (non-hydrogen) atoms. The van der Waals surface area contributed by atoms with Gasteiger partial charge in [0.05, 0.1) is 35.0 Å². The minimum atomic E-state index is -4.57. The minimum Gasteiger partial charge on any atom is -0.379 e. The van der Waals surface area contributed by atoms with Crippen molar-refractivity contribution in [3.05, 3.63) is 53.6 Å². The number of morpholine rings is 1. The fourth-order valence-electron chi connectivity index (χ4n) is 3.13. The second-order valence-corrected chi connectivity index (χ2v) is 9.06. The molecule has 0 aromatic heterocycles. The van der Waals surface area contributed by atoms with Crippen molar-refractivity contribution in [3.63, 3.8) is 0 Å². The van der Waals surface area contributed by atoms with Gasteiger partial charge in [0.25, 0.3) is 5.91 Å². The molecule has 0 radical (unpaired) electrons. The summed E-state index contributed by atoms with van der Waals surface area (Å²) in [6.45, 7) is 0.967. The molecule has 1 saturated heterocycles. The van der Waals surface area contributed by atoms with Crippen molar-refractivity contribution >= 4 is 27.3 Å². The number of benzene rings is 2. The Hall–Kier alpha value is -2.63. The highest BCUT2D eigenvalue weighted by Gasteiger charge is 2.31. The number of halogens is 3. The highest BCUT2D eigenvalue weighted by atomic mass is 32.2. The molecule has 11 heteroatoms. The summed E-state index contributed by atoms with van der Waals surface area (Å²) in [7, 11) is -0.557. The highest BCUT2D eigenvalue weighted by molar-refractivity contribution is 7.89. The predicted octanol–water partition coefficient (Wildman–Crippen LogP) is 3.04. The lowest BCUT2D eigenvalue weighted by atomic mass is 10.1. The number of sulfonamides is 1. The van der Waals surface area contributed by atoms with Crippen molar-refractivity contribution in [2.75, 3.05) is 50.6 Å². The first-order chi connectivity index (χ1) is 14.5. The third kappa shape index (κ3) is 5.17. The average molecular weight is 457 g/mol. The van der Waals surface area contributed by atoms with Crippen molar-refractivity contribution in [2.24, 2.45) is 0 Å². The molecule has 1 N–H and O–H groups in total. The molecule has 2 aromatic rings. The van der Waals surface area contributed by atoms with Gasteiger partial charge in [0.2, 0.25) is 10.0 Å². The molecule has 0 atom stereocenters. The first kappa shape index (κ1) is 23.0. The topological polar surface area (TPSA) is 79.0 Å². The fraction of sp³-hybridized carbons (Fsp3) is 0.350. The van der Waals surface area contributed by atoms with Crippen LogP contribution in [0.5, 0.6) is 0 Å². The summed E-state index contributed by atoms with van der Waals surface area (Å²) in [6, 6.07) is 8.44. The number of hydrogen-bond donors (Lipinski definition) is 1. The van der Waals surface area contributed by atoms with E-state index in [9.17, 15) is 26.4 Å². The maximum absolute atomic E-state index is 13.1. The summed E-state index contributed by atoms with van der Waals surface area (Å²) in [5, 5.41) is 2.47. The zero-order valence-corrected chi connectivity index (χ0v) is 17.8. The lowest BCUT2D eigenvalue weighted by Crippen LogP contribution is -2.40. The number of hydrogen-bond acceptors (Lipinski definition) is 5. The van der Waals surface area contributed by atoms with Gasteiger partial charge >= 0.3 is 6.18 Å². The van der Waals surface area contributed by atoms with E-state index in [0.29, 0.717) is 5.69 Å². The van der Waals surface area contributed by atoms with Gasteiger partial charge in [-0.3, -0.25) is 4.79 Å². The zero-order valence-electron chi connectivity index (χ0n) is 16.9. The van der Waals surface area contributed by atoms with Gasteiger partial charge in [-0.05, 0) is 36.4 Å². The van der Waals surface area contributed by atoms with Gasteiger partial charge in [-0.15, -0.1) is 0 Å². The highest BCUT2D eigenvalue weighted by Crippen LogP contribution is 2.35. The van der Waals surface area contributed by atoms with Crippen LogP contribution < -0.4 is 10.2 Å². The molecule has 0 bridgehead atoms. The summed E-state index contributed by atoms with van der Waals surface area (Å²) in [4.78, 5) is 14.3. The van der Waals surface area contributed by atoms with Crippen LogP contribution in [-0.2, 0) is 20.9 Å². The van der Waals surface area contributed by atoms with Crippen molar-refractivity contribution in [1.82, 2.24) is 4.31 Å². The molecule has 0 saturated carbocycles. The summed E-state index contributed by atoms with van der Waals surface area (Å²) in [5.41, 5.74) is -0.557. The summed E-state index contributed by atoms with van der Waals surface area (Å²) in [5.74, 6) is -0.721. The third-order valence-electron chi connectivity index (χ3n) is 4.76. The molecule has 1 amide bonds. The number of nitrogens with zero attached hydrogens (tertiary/aromatic N) is 2.